The van der Waals surface area contributed by atoms with Crippen LogP contribution >= 0.6 is 0 Å². The van der Waals surface area contributed by atoms with Crippen LogP contribution in [0.5, 0.6) is 11.5 Å². The van der Waals surface area contributed by atoms with Gasteiger partial charge in [0.05, 0.1) is 0 Å². The summed E-state index contributed by atoms with van der Waals surface area (Å²) in [5.41, 5.74) is 5.17. The Morgan fingerprint density at radius 1 is 0.500 bits per heavy atom. The predicted octanol–water partition coefficient (Wildman–Crippen LogP) is 9.91. The first-order valence-corrected chi connectivity index (χ1v) is 14.3. The first-order valence-electron chi connectivity index (χ1n) is 14.3. The van der Waals surface area contributed by atoms with Crippen LogP contribution in [-0.4, -0.2) is 10.2 Å². The van der Waals surface area contributed by atoms with E-state index in [1.807, 2.05) is 18.2 Å². The summed E-state index contributed by atoms with van der Waals surface area (Å²) in [5, 5.41) is 21.9. The average molecular weight is 467 g/mol. The van der Waals surface area contributed by atoms with E-state index in [0.29, 0.717) is 11.5 Å². The molecule has 190 valence electrons. The van der Waals surface area contributed by atoms with Crippen molar-refractivity contribution in [1.82, 2.24) is 0 Å². The maximum atomic E-state index is 11.0. The highest BCUT2D eigenvalue weighted by Gasteiger charge is 2.16. The van der Waals surface area contributed by atoms with Crippen molar-refractivity contribution >= 4 is 0 Å². The lowest BCUT2D eigenvalue weighted by molar-refractivity contribution is 0.467. The molecule has 2 rings (SSSR count). The molecule has 0 atom stereocenters. The van der Waals surface area contributed by atoms with Gasteiger partial charge in [-0.2, -0.15) is 0 Å². The van der Waals surface area contributed by atoms with E-state index in [2.05, 4.69) is 32.9 Å². The van der Waals surface area contributed by atoms with Crippen LogP contribution in [0.15, 0.2) is 30.3 Å². The molecule has 0 saturated carbocycles. The van der Waals surface area contributed by atoms with E-state index >= 15 is 0 Å². The fourth-order valence-electron chi connectivity index (χ4n) is 4.93. The molecule has 0 amide bonds. The van der Waals surface area contributed by atoms with E-state index in [1.165, 1.54) is 93.7 Å². The fourth-order valence-corrected chi connectivity index (χ4v) is 4.93. The van der Waals surface area contributed by atoms with Crippen LogP contribution in [-0.2, 0) is 19.3 Å². The van der Waals surface area contributed by atoms with Crippen molar-refractivity contribution in [1.29, 1.82) is 0 Å². The van der Waals surface area contributed by atoms with Crippen LogP contribution in [0.4, 0.5) is 0 Å². The summed E-state index contributed by atoms with van der Waals surface area (Å²) >= 11 is 0. The van der Waals surface area contributed by atoms with Gasteiger partial charge < -0.3 is 10.2 Å². The van der Waals surface area contributed by atoms with Crippen LogP contribution in [0.1, 0.15) is 127 Å². The van der Waals surface area contributed by atoms with Gasteiger partial charge in [0.1, 0.15) is 11.5 Å². The second kappa shape index (κ2) is 16.6. The second-order valence-corrected chi connectivity index (χ2v) is 10.1. The molecular formula is C32H50O2. The van der Waals surface area contributed by atoms with E-state index in [4.69, 9.17) is 0 Å². The Morgan fingerprint density at radius 2 is 1.03 bits per heavy atom. The highest BCUT2D eigenvalue weighted by molar-refractivity contribution is 5.79. The Kier molecular flexibility index (Phi) is 13.8. The minimum Gasteiger partial charge on any atom is -0.507 e. The summed E-state index contributed by atoms with van der Waals surface area (Å²) in [6.45, 7) is 6.70. The topological polar surface area (TPSA) is 40.5 Å². The quantitative estimate of drug-likeness (QED) is 0.215. The van der Waals surface area contributed by atoms with Crippen molar-refractivity contribution in [3.8, 4) is 22.6 Å². The summed E-state index contributed by atoms with van der Waals surface area (Å²) in [5.74, 6) is 0.605. The van der Waals surface area contributed by atoms with E-state index in [9.17, 15) is 10.2 Å². The van der Waals surface area contributed by atoms with Gasteiger partial charge in [-0.25, -0.2) is 0 Å². The van der Waals surface area contributed by atoms with Crippen molar-refractivity contribution in [2.75, 3.05) is 0 Å². The number of aromatic hydroxyl groups is 2. The monoisotopic (exact) mass is 466 g/mol. The first-order chi connectivity index (χ1) is 16.6. The SMILES string of the molecule is CCCCCCCCc1ccc(-c2c(O)cc(CCCCCCCC)cc2CCCC)c(O)c1. The molecule has 34 heavy (non-hydrogen) atoms. The third-order valence-electron chi connectivity index (χ3n) is 7.03. The molecule has 2 aromatic carbocycles. The zero-order valence-electron chi connectivity index (χ0n) is 22.3. The fraction of sp³-hybridized carbons (Fsp3) is 0.625. The molecule has 0 heterocycles. The zero-order valence-corrected chi connectivity index (χ0v) is 22.3. The van der Waals surface area contributed by atoms with Gasteiger partial charge in [-0.15, -0.1) is 0 Å². The van der Waals surface area contributed by atoms with Crippen LogP contribution in [0, 0.1) is 0 Å². The lowest BCUT2D eigenvalue weighted by Crippen LogP contribution is -1.97. The van der Waals surface area contributed by atoms with Gasteiger partial charge >= 0.3 is 0 Å². The lowest BCUT2D eigenvalue weighted by Gasteiger charge is -2.16. The minimum atomic E-state index is 0.292. The molecule has 2 N–H and O–H groups in total. The van der Waals surface area contributed by atoms with Crippen molar-refractivity contribution < 1.29 is 10.2 Å². The number of unbranched alkanes of at least 4 members (excludes halogenated alkanes) is 11. The van der Waals surface area contributed by atoms with E-state index in [-0.39, 0.29) is 0 Å². The van der Waals surface area contributed by atoms with Gasteiger partial charge in [0.25, 0.3) is 0 Å². The molecule has 2 heteroatoms. The normalized spacial score (nSPS) is 11.3. The highest BCUT2D eigenvalue weighted by atomic mass is 16.3. The van der Waals surface area contributed by atoms with Crippen LogP contribution in [0.2, 0.25) is 0 Å². The Balaban J connectivity index is 2.09. The number of aryl methyl sites for hydroxylation is 3. The maximum absolute atomic E-state index is 11.0. The summed E-state index contributed by atoms with van der Waals surface area (Å²) in [6, 6.07) is 10.3. The van der Waals surface area contributed by atoms with Crippen LogP contribution < -0.4 is 0 Å². The van der Waals surface area contributed by atoms with Crippen LogP contribution in [0.3, 0.4) is 0 Å². The standard InChI is InChI=1S/C32H50O2/c1-4-7-10-12-14-16-18-26-21-22-29(30(33)24-26)32-28(20-9-6-3)23-27(25-31(32)34)19-17-15-13-11-8-5-2/h21-25,33-34H,4-20H2,1-3H3. The smallest absolute Gasteiger partial charge is 0.124 e. The van der Waals surface area contributed by atoms with Crippen molar-refractivity contribution in [3.63, 3.8) is 0 Å². The zero-order chi connectivity index (χ0) is 24.6. The summed E-state index contributed by atoms with van der Waals surface area (Å²) < 4.78 is 0. The molecule has 0 unspecified atom stereocenters. The molecule has 0 aliphatic carbocycles. The number of hydrogen-bond acceptors (Lipinski definition) is 2. The van der Waals surface area contributed by atoms with E-state index in [0.717, 1.165) is 43.2 Å². The molecule has 0 aromatic heterocycles. The summed E-state index contributed by atoms with van der Waals surface area (Å²) in [4.78, 5) is 0. The maximum Gasteiger partial charge on any atom is 0.124 e. The molecule has 0 aliphatic heterocycles. The van der Waals surface area contributed by atoms with Gasteiger partial charge in [0.2, 0.25) is 0 Å². The Hall–Kier alpha value is -1.96. The first kappa shape index (κ1) is 28.3. The van der Waals surface area contributed by atoms with Crippen molar-refractivity contribution in [3.05, 3.63) is 47.0 Å². The molecule has 0 radical (unpaired) electrons. The van der Waals surface area contributed by atoms with Gasteiger partial charge in [0, 0.05) is 11.1 Å². The van der Waals surface area contributed by atoms with Crippen molar-refractivity contribution in [2.45, 2.75) is 130 Å². The number of rotatable bonds is 18. The number of phenols is 2. The molecule has 0 fully saturated rings. The Labute approximate surface area is 209 Å². The third kappa shape index (κ3) is 9.72. The van der Waals surface area contributed by atoms with Gasteiger partial charge in [-0.1, -0.05) is 110 Å². The van der Waals surface area contributed by atoms with Crippen molar-refractivity contribution in [2.24, 2.45) is 0 Å². The van der Waals surface area contributed by atoms with Gasteiger partial charge in [0.15, 0.2) is 0 Å². The molecule has 0 spiro atoms. The average Bonchev–Trinajstić information content (AvgIpc) is 2.82. The number of hydrogen-bond donors (Lipinski definition) is 2. The highest BCUT2D eigenvalue weighted by Crippen LogP contribution is 2.40. The third-order valence-corrected chi connectivity index (χ3v) is 7.03. The Morgan fingerprint density at radius 3 is 1.62 bits per heavy atom. The number of benzene rings is 2. The molecule has 0 bridgehead atoms. The molecular weight excluding hydrogens is 416 g/mol. The molecule has 2 aromatic rings. The summed E-state index contributed by atoms with van der Waals surface area (Å²) in [6.07, 6.45) is 20.5. The second-order valence-electron chi connectivity index (χ2n) is 10.1. The summed E-state index contributed by atoms with van der Waals surface area (Å²) in [7, 11) is 0. The van der Waals surface area contributed by atoms with E-state index in [1.54, 1.807) is 0 Å². The minimum absolute atomic E-state index is 0.292. The van der Waals surface area contributed by atoms with Gasteiger partial charge in [-0.3, -0.25) is 0 Å². The predicted molar refractivity (Wildman–Crippen MR) is 148 cm³/mol. The van der Waals surface area contributed by atoms with Crippen LogP contribution in [0.25, 0.3) is 11.1 Å². The Bertz CT molecular complexity index is 824. The largest absolute Gasteiger partial charge is 0.507 e. The molecule has 0 saturated heterocycles. The molecule has 0 aliphatic rings. The lowest BCUT2D eigenvalue weighted by atomic mass is 9.90. The van der Waals surface area contributed by atoms with Gasteiger partial charge in [-0.05, 0) is 67.3 Å². The number of phenolic OH excluding ortho intramolecular Hbond substituents is 2. The van der Waals surface area contributed by atoms with E-state index < -0.39 is 0 Å². The molecule has 2 nitrogen and oxygen atoms in total.